The van der Waals surface area contributed by atoms with E-state index in [1.54, 1.807) is 12.1 Å². The SMILES string of the molecule is CC(C)CCCC(C)(C)OCC(C)(C)C1CN(c2ccc(N3CCOCC3)c(F)c2)C(=O)O1. The number of anilines is 2. The van der Waals surface area contributed by atoms with Gasteiger partial charge in [0, 0.05) is 18.5 Å². The molecule has 1 atom stereocenters. The Labute approximate surface area is 198 Å². The molecule has 1 aromatic carbocycles. The number of ether oxygens (including phenoxy) is 3. The Morgan fingerprint density at radius 3 is 2.52 bits per heavy atom. The highest BCUT2D eigenvalue weighted by atomic mass is 19.1. The highest BCUT2D eigenvalue weighted by molar-refractivity contribution is 5.90. The fourth-order valence-electron chi connectivity index (χ4n) is 4.29. The maximum absolute atomic E-state index is 14.9. The fraction of sp³-hybridized carbons (Fsp3) is 0.731. The summed E-state index contributed by atoms with van der Waals surface area (Å²) in [6.45, 7) is 16.2. The molecule has 0 bridgehead atoms. The van der Waals surface area contributed by atoms with Crippen molar-refractivity contribution in [1.82, 2.24) is 0 Å². The van der Waals surface area contributed by atoms with E-state index in [-0.39, 0.29) is 22.9 Å². The lowest BCUT2D eigenvalue weighted by molar-refractivity contribution is -0.0860. The minimum atomic E-state index is -0.442. The van der Waals surface area contributed by atoms with Gasteiger partial charge in [0.25, 0.3) is 0 Å². The number of amides is 1. The van der Waals surface area contributed by atoms with Crippen LogP contribution in [0.25, 0.3) is 0 Å². The van der Waals surface area contributed by atoms with Crippen LogP contribution in [0.4, 0.5) is 20.6 Å². The summed E-state index contributed by atoms with van der Waals surface area (Å²) in [6.07, 6.45) is 2.53. The first-order valence-electron chi connectivity index (χ1n) is 12.2. The van der Waals surface area contributed by atoms with Crippen molar-refractivity contribution in [2.75, 3.05) is 49.3 Å². The molecular weight excluding hydrogens is 423 g/mol. The lowest BCUT2D eigenvalue weighted by Gasteiger charge is -2.34. The first kappa shape index (κ1) is 25.8. The first-order valence-corrected chi connectivity index (χ1v) is 12.2. The maximum atomic E-state index is 14.9. The van der Waals surface area contributed by atoms with Gasteiger partial charge < -0.3 is 19.1 Å². The standard InChI is InChI=1S/C26H41FN2O4/c1-19(2)8-7-11-26(5,6)32-18-25(3,4)23-17-29(24(30)33-23)20-9-10-22(21(27)16-20)28-12-14-31-15-13-28/h9-10,16,19,23H,7-8,11-15,17-18H2,1-6H3. The topological polar surface area (TPSA) is 51.2 Å². The Morgan fingerprint density at radius 2 is 1.88 bits per heavy atom. The van der Waals surface area contributed by atoms with E-state index >= 15 is 0 Å². The quantitative estimate of drug-likeness (QED) is 0.449. The summed E-state index contributed by atoms with van der Waals surface area (Å²) < 4.78 is 32.2. The lowest BCUT2D eigenvalue weighted by Crippen LogP contribution is -2.40. The van der Waals surface area contributed by atoms with Crippen molar-refractivity contribution in [2.24, 2.45) is 11.3 Å². The number of hydrogen-bond donors (Lipinski definition) is 0. The highest BCUT2D eigenvalue weighted by Gasteiger charge is 2.43. The molecule has 2 aliphatic rings. The number of cyclic esters (lactones) is 1. The third-order valence-electron chi connectivity index (χ3n) is 6.67. The molecule has 6 nitrogen and oxygen atoms in total. The van der Waals surface area contributed by atoms with Crippen LogP contribution in [-0.2, 0) is 14.2 Å². The van der Waals surface area contributed by atoms with Crippen LogP contribution in [0, 0.1) is 17.2 Å². The molecule has 0 spiro atoms. The van der Waals surface area contributed by atoms with Gasteiger partial charge in [-0.3, -0.25) is 4.90 Å². The van der Waals surface area contributed by atoms with E-state index in [1.165, 1.54) is 17.4 Å². The van der Waals surface area contributed by atoms with Gasteiger partial charge in [-0.15, -0.1) is 0 Å². The van der Waals surface area contributed by atoms with E-state index in [4.69, 9.17) is 14.2 Å². The Morgan fingerprint density at radius 1 is 1.18 bits per heavy atom. The fourth-order valence-corrected chi connectivity index (χ4v) is 4.29. The van der Waals surface area contributed by atoms with E-state index in [1.807, 2.05) is 4.90 Å². The molecule has 3 rings (SSSR count). The zero-order valence-corrected chi connectivity index (χ0v) is 21.2. The molecule has 0 N–H and O–H groups in total. The molecule has 7 heteroatoms. The van der Waals surface area contributed by atoms with Gasteiger partial charge in [0.15, 0.2) is 0 Å². The van der Waals surface area contributed by atoms with Crippen LogP contribution in [0.15, 0.2) is 18.2 Å². The second kappa shape index (κ2) is 10.6. The minimum Gasteiger partial charge on any atom is -0.443 e. The molecule has 2 aliphatic heterocycles. The van der Waals surface area contributed by atoms with Crippen molar-refractivity contribution in [3.05, 3.63) is 24.0 Å². The summed E-state index contributed by atoms with van der Waals surface area (Å²) in [6, 6.07) is 4.96. The van der Waals surface area contributed by atoms with E-state index in [0.29, 0.717) is 56.7 Å². The first-order chi connectivity index (χ1) is 15.5. The number of hydrogen-bond acceptors (Lipinski definition) is 5. The molecule has 1 aromatic rings. The number of carbonyl (C=O) groups excluding carboxylic acids is 1. The predicted molar refractivity (Wildman–Crippen MR) is 130 cm³/mol. The van der Waals surface area contributed by atoms with Gasteiger partial charge in [0.2, 0.25) is 0 Å². The molecule has 2 fully saturated rings. The summed E-state index contributed by atoms with van der Waals surface area (Å²) >= 11 is 0. The Bertz CT molecular complexity index is 805. The molecule has 1 amide bonds. The number of rotatable bonds is 10. The van der Waals surface area contributed by atoms with Gasteiger partial charge in [-0.05, 0) is 44.4 Å². The molecule has 2 heterocycles. The van der Waals surface area contributed by atoms with Crippen LogP contribution in [0.1, 0.15) is 60.8 Å². The van der Waals surface area contributed by atoms with Crippen LogP contribution < -0.4 is 9.80 Å². The van der Waals surface area contributed by atoms with E-state index in [9.17, 15) is 9.18 Å². The number of benzene rings is 1. The van der Waals surface area contributed by atoms with Gasteiger partial charge in [0.05, 0.1) is 43.3 Å². The molecule has 2 saturated heterocycles. The molecule has 0 radical (unpaired) electrons. The van der Waals surface area contributed by atoms with Gasteiger partial charge >= 0.3 is 6.09 Å². The minimum absolute atomic E-state index is 0.229. The average Bonchev–Trinajstić information content (AvgIpc) is 3.15. The normalized spacial score (nSPS) is 20.0. The second-order valence-corrected chi connectivity index (χ2v) is 11.0. The third kappa shape index (κ3) is 6.82. The molecule has 0 aliphatic carbocycles. The lowest BCUT2D eigenvalue weighted by atomic mass is 9.86. The van der Waals surface area contributed by atoms with Gasteiger partial charge in [0.1, 0.15) is 11.9 Å². The van der Waals surface area contributed by atoms with Gasteiger partial charge in [-0.2, -0.15) is 0 Å². The van der Waals surface area contributed by atoms with E-state index in [2.05, 4.69) is 41.5 Å². The van der Waals surface area contributed by atoms with Crippen LogP contribution >= 0.6 is 0 Å². The smallest absolute Gasteiger partial charge is 0.414 e. The van der Waals surface area contributed by atoms with Crippen molar-refractivity contribution < 1.29 is 23.4 Å². The zero-order chi connectivity index (χ0) is 24.2. The summed E-state index contributed by atoms with van der Waals surface area (Å²) in [5, 5.41) is 0. The molecule has 0 saturated carbocycles. The molecule has 1 unspecified atom stereocenters. The zero-order valence-electron chi connectivity index (χ0n) is 21.2. The van der Waals surface area contributed by atoms with Gasteiger partial charge in [-0.1, -0.05) is 40.5 Å². The van der Waals surface area contributed by atoms with E-state index in [0.717, 1.165) is 12.8 Å². The maximum Gasteiger partial charge on any atom is 0.414 e. The average molecular weight is 465 g/mol. The Balaban J connectivity index is 1.60. The second-order valence-electron chi connectivity index (χ2n) is 11.0. The molecule has 33 heavy (non-hydrogen) atoms. The van der Waals surface area contributed by atoms with Crippen molar-refractivity contribution in [3.63, 3.8) is 0 Å². The summed E-state index contributed by atoms with van der Waals surface area (Å²) in [4.78, 5) is 16.1. The van der Waals surface area contributed by atoms with Crippen molar-refractivity contribution in [2.45, 2.75) is 72.5 Å². The van der Waals surface area contributed by atoms with Crippen molar-refractivity contribution >= 4 is 17.5 Å². The Kier molecular flexibility index (Phi) is 8.27. The third-order valence-corrected chi connectivity index (χ3v) is 6.67. The predicted octanol–water partition coefficient (Wildman–Crippen LogP) is 5.64. The van der Waals surface area contributed by atoms with Crippen molar-refractivity contribution in [1.29, 1.82) is 0 Å². The Hall–Kier alpha value is -1.86. The van der Waals surface area contributed by atoms with Crippen LogP contribution in [0.2, 0.25) is 0 Å². The van der Waals surface area contributed by atoms with Crippen molar-refractivity contribution in [3.8, 4) is 0 Å². The van der Waals surface area contributed by atoms with Crippen LogP contribution in [0.3, 0.4) is 0 Å². The summed E-state index contributed by atoms with van der Waals surface area (Å²) in [5.74, 6) is 0.352. The molecular formula is C26H41FN2O4. The van der Waals surface area contributed by atoms with Crippen LogP contribution in [0.5, 0.6) is 0 Å². The number of carbonyl (C=O) groups is 1. The van der Waals surface area contributed by atoms with Crippen LogP contribution in [-0.4, -0.2) is 57.3 Å². The summed E-state index contributed by atoms with van der Waals surface area (Å²) in [7, 11) is 0. The summed E-state index contributed by atoms with van der Waals surface area (Å²) in [5.41, 5.74) is 0.459. The number of halogens is 1. The van der Waals surface area contributed by atoms with E-state index < -0.39 is 6.09 Å². The molecule has 186 valence electrons. The van der Waals surface area contributed by atoms with Gasteiger partial charge in [-0.25, -0.2) is 9.18 Å². The number of nitrogens with zero attached hydrogens (tertiary/aromatic N) is 2. The largest absolute Gasteiger partial charge is 0.443 e. The monoisotopic (exact) mass is 464 g/mol. The number of morpholine rings is 1. The highest BCUT2D eigenvalue weighted by Crippen LogP contribution is 2.35. The molecule has 0 aromatic heterocycles.